The maximum Gasteiger partial charge on any atom is 0.325 e. The van der Waals surface area contributed by atoms with Gasteiger partial charge in [-0.2, -0.15) is 9.58 Å². The third-order valence-electron chi connectivity index (χ3n) is 6.71. The fourth-order valence-corrected chi connectivity index (χ4v) is 5.67. The van der Waals surface area contributed by atoms with Crippen LogP contribution in [0.25, 0.3) is 0 Å². The first kappa shape index (κ1) is 21.4. The van der Waals surface area contributed by atoms with Crippen LogP contribution in [0.5, 0.6) is 0 Å². The van der Waals surface area contributed by atoms with Crippen LogP contribution in [-0.2, 0) is 0 Å². The van der Waals surface area contributed by atoms with Crippen molar-refractivity contribution >= 4 is 28.3 Å². The summed E-state index contributed by atoms with van der Waals surface area (Å²) in [6.45, 7) is 6.99. The number of amidine groups is 1. The van der Waals surface area contributed by atoms with Crippen molar-refractivity contribution in [2.75, 3.05) is 32.7 Å². The Labute approximate surface area is 195 Å². The summed E-state index contributed by atoms with van der Waals surface area (Å²) in [4.78, 5) is 7.36. The standard InChI is InChI=1S/C27H30ClN4/c1-2-21-32(25-16-10-9-15-24(25)29-27(32)28)31-19-17-30(18-20-31)26(22-11-5-3-6-12-22)23-13-7-4-8-14-23/h3-16,26H,2,17-21H2,1H3/q+1. The number of piperazine rings is 1. The first-order valence-electron chi connectivity index (χ1n) is 11.6. The molecule has 32 heavy (non-hydrogen) atoms. The number of hydrogen-bond acceptors (Lipinski definition) is 3. The summed E-state index contributed by atoms with van der Waals surface area (Å²) in [6.07, 6.45) is 1.04. The van der Waals surface area contributed by atoms with Crippen molar-refractivity contribution in [3.05, 3.63) is 96.1 Å². The van der Waals surface area contributed by atoms with Gasteiger partial charge in [-0.1, -0.05) is 79.7 Å². The Kier molecular flexibility index (Phi) is 6.11. The molecule has 5 heteroatoms. The molecule has 0 spiro atoms. The fourth-order valence-electron chi connectivity index (χ4n) is 5.30. The van der Waals surface area contributed by atoms with Gasteiger partial charge in [0.1, 0.15) is 12.2 Å². The van der Waals surface area contributed by atoms with E-state index >= 15 is 0 Å². The number of benzene rings is 3. The van der Waals surface area contributed by atoms with Crippen molar-refractivity contribution in [2.24, 2.45) is 4.99 Å². The second-order valence-corrected chi connectivity index (χ2v) is 8.91. The normalized spacial score (nSPS) is 21.5. The Bertz CT molecular complexity index is 1040. The smallest absolute Gasteiger partial charge is 0.289 e. The Morgan fingerprint density at radius 2 is 1.38 bits per heavy atom. The zero-order valence-electron chi connectivity index (χ0n) is 18.6. The van der Waals surface area contributed by atoms with Gasteiger partial charge in [0.25, 0.3) is 0 Å². The molecular formula is C27H30ClN4+. The van der Waals surface area contributed by atoms with Crippen molar-refractivity contribution in [1.82, 2.24) is 14.5 Å². The van der Waals surface area contributed by atoms with Crippen LogP contribution in [0.4, 0.5) is 11.4 Å². The van der Waals surface area contributed by atoms with E-state index in [9.17, 15) is 0 Å². The van der Waals surface area contributed by atoms with Crippen LogP contribution in [-0.4, -0.2) is 47.9 Å². The first-order chi connectivity index (χ1) is 15.7. The predicted octanol–water partition coefficient (Wildman–Crippen LogP) is 5.97. The number of hydrogen-bond donors (Lipinski definition) is 0. The molecule has 0 N–H and O–H groups in total. The highest BCUT2D eigenvalue weighted by Crippen LogP contribution is 2.44. The molecule has 1 saturated heterocycles. The molecule has 2 heterocycles. The van der Waals surface area contributed by atoms with Crippen molar-refractivity contribution in [3.8, 4) is 0 Å². The Hall–Kier alpha value is -2.50. The SMILES string of the molecule is CCC[N+]1(N2CCN(C(c3ccccc3)c3ccccc3)CC2)C(Cl)=Nc2ccccc21. The van der Waals surface area contributed by atoms with Crippen LogP contribution in [0.3, 0.4) is 0 Å². The largest absolute Gasteiger partial charge is 0.325 e. The van der Waals surface area contributed by atoms with Crippen molar-refractivity contribution < 1.29 is 0 Å². The fraction of sp³-hybridized carbons (Fsp3) is 0.296. The number of fused-ring (bicyclic) bond motifs is 1. The molecule has 0 radical (unpaired) electrons. The van der Waals surface area contributed by atoms with Gasteiger partial charge in [-0.3, -0.25) is 4.90 Å². The highest BCUT2D eigenvalue weighted by Gasteiger charge is 2.49. The maximum atomic E-state index is 6.87. The van der Waals surface area contributed by atoms with Crippen LogP contribution < -0.4 is 4.59 Å². The quantitative estimate of drug-likeness (QED) is 0.344. The lowest BCUT2D eigenvalue weighted by atomic mass is 9.96. The summed E-state index contributed by atoms with van der Waals surface area (Å²) in [5.41, 5.74) is 4.89. The second kappa shape index (κ2) is 9.16. The molecular weight excluding hydrogens is 416 g/mol. The molecule has 1 unspecified atom stereocenters. The molecule has 3 aromatic carbocycles. The van der Waals surface area contributed by atoms with Crippen LogP contribution in [0.15, 0.2) is 89.9 Å². The minimum absolute atomic E-state index is 0.258. The Morgan fingerprint density at radius 1 is 0.812 bits per heavy atom. The molecule has 1 atom stereocenters. The van der Waals surface area contributed by atoms with Gasteiger partial charge >= 0.3 is 5.29 Å². The topological polar surface area (TPSA) is 18.8 Å². The molecule has 0 amide bonds. The van der Waals surface area contributed by atoms with Gasteiger partial charge in [0.05, 0.1) is 19.1 Å². The second-order valence-electron chi connectivity index (χ2n) is 8.58. The average molecular weight is 446 g/mol. The zero-order chi connectivity index (χ0) is 22.0. The summed E-state index contributed by atoms with van der Waals surface area (Å²) in [5, 5.41) is 3.19. The van der Waals surface area contributed by atoms with Crippen LogP contribution >= 0.6 is 11.6 Å². The van der Waals surface area contributed by atoms with Gasteiger partial charge in [-0.15, -0.1) is 5.01 Å². The minimum atomic E-state index is 0.258. The summed E-state index contributed by atoms with van der Waals surface area (Å²) in [5.74, 6) is 0. The number of aliphatic imine (C=N–C) groups is 1. The van der Waals surface area contributed by atoms with Crippen molar-refractivity contribution in [2.45, 2.75) is 19.4 Å². The molecule has 0 bridgehead atoms. The lowest BCUT2D eigenvalue weighted by molar-refractivity contribution is -0.00270. The highest BCUT2D eigenvalue weighted by atomic mass is 35.5. The molecule has 2 aliphatic rings. The number of para-hydroxylation sites is 2. The van der Waals surface area contributed by atoms with E-state index in [1.165, 1.54) is 16.8 Å². The number of nitrogens with zero attached hydrogens (tertiary/aromatic N) is 4. The van der Waals surface area contributed by atoms with E-state index in [1.807, 2.05) is 6.07 Å². The van der Waals surface area contributed by atoms with Crippen molar-refractivity contribution in [3.63, 3.8) is 0 Å². The van der Waals surface area contributed by atoms with E-state index in [-0.39, 0.29) is 6.04 Å². The summed E-state index contributed by atoms with van der Waals surface area (Å²) in [6, 6.07) is 30.4. The molecule has 4 nitrogen and oxygen atoms in total. The Morgan fingerprint density at radius 3 is 1.97 bits per heavy atom. The van der Waals surface area contributed by atoms with Gasteiger partial charge in [-0.05, 0) is 23.6 Å². The minimum Gasteiger partial charge on any atom is -0.289 e. The summed E-state index contributed by atoms with van der Waals surface area (Å²) < 4.78 is 0.559. The summed E-state index contributed by atoms with van der Waals surface area (Å²) in [7, 11) is 0. The van der Waals surface area contributed by atoms with Gasteiger partial charge < -0.3 is 0 Å². The molecule has 3 aromatic rings. The van der Waals surface area contributed by atoms with Crippen LogP contribution in [0.1, 0.15) is 30.5 Å². The number of halogens is 1. The van der Waals surface area contributed by atoms with Crippen LogP contribution in [0.2, 0.25) is 0 Å². The molecule has 0 aromatic heterocycles. The van der Waals surface area contributed by atoms with E-state index < -0.39 is 0 Å². The molecule has 0 saturated carbocycles. The van der Waals surface area contributed by atoms with E-state index in [0.29, 0.717) is 9.89 Å². The molecule has 164 valence electrons. The predicted molar refractivity (Wildman–Crippen MR) is 134 cm³/mol. The summed E-state index contributed by atoms with van der Waals surface area (Å²) >= 11 is 6.87. The maximum absolute atomic E-state index is 6.87. The zero-order valence-corrected chi connectivity index (χ0v) is 19.3. The monoisotopic (exact) mass is 445 g/mol. The molecule has 2 aliphatic heterocycles. The average Bonchev–Trinajstić information content (AvgIpc) is 3.13. The molecule has 5 rings (SSSR count). The Balaban J connectivity index is 1.43. The van der Waals surface area contributed by atoms with Gasteiger partial charge in [0, 0.05) is 30.8 Å². The highest BCUT2D eigenvalue weighted by molar-refractivity contribution is 6.67. The van der Waals surface area contributed by atoms with E-state index in [2.05, 4.69) is 95.7 Å². The first-order valence-corrected chi connectivity index (χ1v) is 11.9. The third-order valence-corrected chi connectivity index (χ3v) is 7.08. The van der Waals surface area contributed by atoms with E-state index in [1.54, 1.807) is 0 Å². The van der Waals surface area contributed by atoms with E-state index in [0.717, 1.165) is 44.8 Å². The van der Waals surface area contributed by atoms with Crippen LogP contribution in [0, 0.1) is 0 Å². The number of quaternary nitrogens is 1. The molecule has 1 fully saturated rings. The van der Waals surface area contributed by atoms with Crippen molar-refractivity contribution in [1.29, 1.82) is 0 Å². The lowest BCUT2D eigenvalue weighted by Crippen LogP contribution is -2.67. The van der Waals surface area contributed by atoms with Gasteiger partial charge in [-0.25, -0.2) is 0 Å². The molecule has 0 aliphatic carbocycles. The van der Waals surface area contributed by atoms with Gasteiger partial charge in [0.15, 0.2) is 5.69 Å². The number of rotatable bonds is 6. The third kappa shape index (κ3) is 3.67. The van der Waals surface area contributed by atoms with Gasteiger partial charge in [0.2, 0.25) is 0 Å². The van der Waals surface area contributed by atoms with E-state index in [4.69, 9.17) is 16.6 Å². The lowest BCUT2D eigenvalue weighted by Gasteiger charge is -2.46.